The first-order valence-corrected chi connectivity index (χ1v) is 7.84. The van der Waals surface area contributed by atoms with Crippen LogP contribution in [-0.4, -0.2) is 41.5 Å². The fourth-order valence-corrected chi connectivity index (χ4v) is 3.04. The van der Waals surface area contributed by atoms with Crippen LogP contribution in [0.5, 0.6) is 0 Å². The van der Waals surface area contributed by atoms with Crippen LogP contribution in [0.1, 0.15) is 33.6 Å². The number of fused-ring (bicyclic) bond motifs is 1. The molecule has 0 aromatic rings. The molecule has 3 fully saturated rings. The fourth-order valence-electron chi connectivity index (χ4n) is 3.04. The molecule has 1 saturated heterocycles. The van der Waals surface area contributed by atoms with E-state index in [1.807, 2.05) is 20.8 Å². The van der Waals surface area contributed by atoms with E-state index in [4.69, 9.17) is 4.74 Å². The maximum absolute atomic E-state index is 12.0. The number of likely N-dealkylation sites (tertiary alicyclic amines) is 1. The number of hydrogen-bond donors (Lipinski definition) is 2. The molecule has 3 aliphatic rings. The van der Waals surface area contributed by atoms with Crippen LogP contribution < -0.4 is 10.9 Å². The van der Waals surface area contributed by atoms with E-state index in [2.05, 4.69) is 10.9 Å². The summed E-state index contributed by atoms with van der Waals surface area (Å²) in [6.07, 6.45) is 1.49. The van der Waals surface area contributed by atoms with Crippen molar-refractivity contribution >= 4 is 17.9 Å². The van der Waals surface area contributed by atoms with Crippen molar-refractivity contribution in [3.8, 4) is 0 Å². The quantitative estimate of drug-likeness (QED) is 0.733. The van der Waals surface area contributed by atoms with Crippen LogP contribution in [0, 0.1) is 23.7 Å². The van der Waals surface area contributed by atoms with E-state index >= 15 is 0 Å². The van der Waals surface area contributed by atoms with Gasteiger partial charge in [0.2, 0.25) is 11.8 Å². The Bertz CT molecular complexity index is 497. The molecule has 2 N–H and O–H groups in total. The van der Waals surface area contributed by atoms with Crippen LogP contribution in [0.4, 0.5) is 4.79 Å². The number of ether oxygens (including phenoxy) is 1. The van der Waals surface area contributed by atoms with Gasteiger partial charge in [-0.3, -0.25) is 20.4 Å². The smallest absolute Gasteiger partial charge is 0.410 e. The van der Waals surface area contributed by atoms with Crippen molar-refractivity contribution in [2.75, 3.05) is 13.1 Å². The van der Waals surface area contributed by atoms with Gasteiger partial charge in [-0.2, -0.15) is 0 Å². The average Bonchev–Trinajstić information content (AvgIpc) is 3.32. The highest BCUT2D eigenvalue weighted by Crippen LogP contribution is 2.51. The molecular formula is C15H23N3O4. The molecule has 1 unspecified atom stereocenters. The molecule has 7 heteroatoms. The van der Waals surface area contributed by atoms with Crippen molar-refractivity contribution < 1.29 is 19.1 Å². The standard InChI is InChI=1S/C15H23N3O4/c1-15(2,3)22-14(21)18-6-9-10(7-18)11(9)13(20)17-16-12(19)8-4-5-8/h8-11H,4-7H2,1-3H3,(H,16,19)(H,17,20)/t9-,10+,11?. The van der Waals surface area contributed by atoms with Gasteiger partial charge in [-0.15, -0.1) is 0 Å². The first-order valence-electron chi connectivity index (χ1n) is 7.84. The van der Waals surface area contributed by atoms with Gasteiger partial charge in [0.15, 0.2) is 0 Å². The van der Waals surface area contributed by atoms with Crippen molar-refractivity contribution in [3.05, 3.63) is 0 Å². The molecule has 0 aromatic carbocycles. The molecule has 3 atom stereocenters. The number of piperidine rings is 1. The first-order chi connectivity index (χ1) is 10.3. The summed E-state index contributed by atoms with van der Waals surface area (Å²) in [6, 6.07) is 0. The lowest BCUT2D eigenvalue weighted by molar-refractivity contribution is -0.130. The Balaban J connectivity index is 1.41. The van der Waals surface area contributed by atoms with E-state index in [-0.39, 0.29) is 41.6 Å². The Labute approximate surface area is 129 Å². The number of hydrazine groups is 1. The largest absolute Gasteiger partial charge is 0.444 e. The Morgan fingerprint density at radius 3 is 2.05 bits per heavy atom. The van der Waals surface area contributed by atoms with Crippen LogP contribution in [-0.2, 0) is 14.3 Å². The predicted octanol–water partition coefficient (Wildman–Crippen LogP) is 0.657. The molecule has 0 spiro atoms. The molecule has 3 amide bonds. The van der Waals surface area contributed by atoms with Gasteiger partial charge in [0.1, 0.15) is 5.60 Å². The minimum atomic E-state index is -0.506. The number of nitrogens with one attached hydrogen (secondary N) is 2. The predicted molar refractivity (Wildman–Crippen MR) is 77.3 cm³/mol. The van der Waals surface area contributed by atoms with Gasteiger partial charge in [-0.1, -0.05) is 0 Å². The van der Waals surface area contributed by atoms with E-state index in [0.717, 1.165) is 12.8 Å². The van der Waals surface area contributed by atoms with Gasteiger partial charge in [0.25, 0.3) is 0 Å². The molecule has 2 saturated carbocycles. The first kappa shape index (κ1) is 15.1. The minimum absolute atomic E-state index is 0.0710. The summed E-state index contributed by atoms with van der Waals surface area (Å²) in [6.45, 7) is 6.60. The topological polar surface area (TPSA) is 87.7 Å². The SMILES string of the molecule is CC(C)(C)OC(=O)N1C[C@@H]2C(C(=O)NNC(=O)C3CC3)[C@@H]2C1. The average molecular weight is 309 g/mol. The number of nitrogens with zero attached hydrogens (tertiary/aromatic N) is 1. The monoisotopic (exact) mass is 309 g/mol. The summed E-state index contributed by atoms with van der Waals surface area (Å²) in [5.74, 6) is 0.0953. The number of hydrogen-bond acceptors (Lipinski definition) is 4. The van der Waals surface area contributed by atoms with Gasteiger partial charge >= 0.3 is 6.09 Å². The third-order valence-electron chi connectivity index (χ3n) is 4.41. The molecule has 0 aromatic heterocycles. The lowest BCUT2D eigenvalue weighted by atomic mass is 10.2. The Kier molecular flexibility index (Phi) is 3.53. The normalized spacial score (nSPS) is 29.6. The molecule has 0 radical (unpaired) electrons. The highest BCUT2D eigenvalue weighted by Gasteiger charge is 2.60. The van der Waals surface area contributed by atoms with Gasteiger partial charge in [0.05, 0.1) is 0 Å². The third kappa shape index (κ3) is 3.18. The molecule has 7 nitrogen and oxygen atoms in total. The lowest BCUT2D eigenvalue weighted by Gasteiger charge is -2.25. The molecule has 2 aliphatic carbocycles. The van der Waals surface area contributed by atoms with Gasteiger partial charge in [-0.05, 0) is 45.4 Å². The summed E-state index contributed by atoms with van der Waals surface area (Å²) in [5, 5.41) is 0. The van der Waals surface area contributed by atoms with Crippen LogP contribution in [0.15, 0.2) is 0 Å². The number of carbonyl (C=O) groups excluding carboxylic acids is 3. The van der Waals surface area contributed by atoms with Gasteiger partial charge in [-0.25, -0.2) is 4.79 Å². The zero-order chi connectivity index (χ0) is 16.1. The number of amides is 3. The molecular weight excluding hydrogens is 286 g/mol. The Morgan fingerprint density at radius 1 is 1.00 bits per heavy atom. The summed E-state index contributed by atoms with van der Waals surface area (Å²) < 4.78 is 5.33. The summed E-state index contributed by atoms with van der Waals surface area (Å²) in [5.41, 5.74) is 4.47. The molecule has 3 rings (SSSR count). The summed E-state index contributed by atoms with van der Waals surface area (Å²) in [4.78, 5) is 37.1. The van der Waals surface area contributed by atoms with E-state index in [9.17, 15) is 14.4 Å². The minimum Gasteiger partial charge on any atom is -0.444 e. The van der Waals surface area contributed by atoms with Crippen molar-refractivity contribution in [1.29, 1.82) is 0 Å². The van der Waals surface area contributed by atoms with Crippen molar-refractivity contribution in [3.63, 3.8) is 0 Å². The zero-order valence-electron chi connectivity index (χ0n) is 13.2. The zero-order valence-corrected chi connectivity index (χ0v) is 13.2. The fraction of sp³-hybridized carbons (Fsp3) is 0.800. The van der Waals surface area contributed by atoms with E-state index in [1.54, 1.807) is 4.90 Å². The van der Waals surface area contributed by atoms with E-state index in [0.29, 0.717) is 13.1 Å². The molecule has 122 valence electrons. The molecule has 0 bridgehead atoms. The van der Waals surface area contributed by atoms with Crippen molar-refractivity contribution in [2.24, 2.45) is 23.7 Å². The maximum atomic E-state index is 12.0. The highest BCUT2D eigenvalue weighted by molar-refractivity contribution is 5.87. The number of carbonyl (C=O) groups is 3. The van der Waals surface area contributed by atoms with E-state index < -0.39 is 5.60 Å². The van der Waals surface area contributed by atoms with Crippen LogP contribution in [0.3, 0.4) is 0 Å². The number of rotatable bonds is 2. The molecule has 1 aliphatic heterocycles. The van der Waals surface area contributed by atoms with E-state index in [1.165, 1.54) is 0 Å². The highest BCUT2D eigenvalue weighted by atomic mass is 16.6. The van der Waals surface area contributed by atoms with Gasteiger partial charge < -0.3 is 9.64 Å². The van der Waals surface area contributed by atoms with Crippen molar-refractivity contribution in [1.82, 2.24) is 15.8 Å². The van der Waals surface area contributed by atoms with Gasteiger partial charge in [0, 0.05) is 24.9 Å². The summed E-state index contributed by atoms with van der Waals surface area (Å²) in [7, 11) is 0. The van der Waals surface area contributed by atoms with Crippen LogP contribution in [0.25, 0.3) is 0 Å². The molecule has 22 heavy (non-hydrogen) atoms. The lowest BCUT2D eigenvalue weighted by Crippen LogP contribution is -2.45. The van der Waals surface area contributed by atoms with Crippen LogP contribution in [0.2, 0.25) is 0 Å². The van der Waals surface area contributed by atoms with Crippen molar-refractivity contribution in [2.45, 2.75) is 39.2 Å². The second-order valence-corrected chi connectivity index (χ2v) is 7.49. The Hall–Kier alpha value is -1.79. The second-order valence-electron chi connectivity index (χ2n) is 7.49. The third-order valence-corrected chi connectivity index (χ3v) is 4.41. The second kappa shape index (κ2) is 5.14. The van der Waals surface area contributed by atoms with Crippen LogP contribution >= 0.6 is 0 Å². The maximum Gasteiger partial charge on any atom is 0.410 e. The Morgan fingerprint density at radius 2 is 1.55 bits per heavy atom. The molecule has 1 heterocycles. The summed E-state index contributed by atoms with van der Waals surface area (Å²) >= 11 is 0.